The van der Waals surface area contributed by atoms with Gasteiger partial charge in [0.2, 0.25) is 0 Å². The maximum Gasteiger partial charge on any atom is 0.399 e. The van der Waals surface area contributed by atoms with Gasteiger partial charge in [-0.05, 0) is 25.8 Å². The van der Waals surface area contributed by atoms with E-state index in [1.165, 1.54) is 0 Å². The Labute approximate surface area is 117 Å². The van der Waals surface area contributed by atoms with E-state index in [1.807, 2.05) is 6.92 Å². The highest BCUT2D eigenvalue weighted by Crippen LogP contribution is 2.28. The number of piperidine rings is 1. The molecule has 0 aliphatic carbocycles. The maximum atomic E-state index is 12.8. The van der Waals surface area contributed by atoms with E-state index in [1.54, 1.807) is 4.90 Å². The van der Waals surface area contributed by atoms with Gasteiger partial charge in [-0.1, -0.05) is 19.1 Å². The molecule has 2 unspecified atom stereocenters. The zero-order valence-electron chi connectivity index (χ0n) is 11.1. The number of halogens is 3. The molecule has 0 spiro atoms. The predicted molar refractivity (Wildman–Crippen MR) is 72.0 cm³/mol. The van der Waals surface area contributed by atoms with Crippen molar-refractivity contribution in [3.05, 3.63) is 0 Å². The molecule has 0 aromatic rings. The summed E-state index contributed by atoms with van der Waals surface area (Å²) < 4.78 is 44.0. The largest absolute Gasteiger partial charge is 0.399 e. The second kappa shape index (κ2) is 7.40. The van der Waals surface area contributed by atoms with E-state index < -0.39 is 17.1 Å². The first-order valence-corrected chi connectivity index (χ1v) is 6.95. The van der Waals surface area contributed by atoms with Crippen molar-refractivity contribution < 1.29 is 17.9 Å². The number of nitrogens with two attached hydrogens (primary N) is 1. The average Bonchev–Trinajstić information content (AvgIpc) is 2.32. The number of hydrogen-bond donors (Lipinski definition) is 1. The minimum Gasteiger partial charge on any atom is -0.393 e. The van der Waals surface area contributed by atoms with Crippen LogP contribution in [0, 0.1) is 5.92 Å². The summed E-state index contributed by atoms with van der Waals surface area (Å²) in [5.41, 5.74) is 5.21. The van der Waals surface area contributed by atoms with Crippen LogP contribution in [-0.2, 0) is 4.74 Å². The zero-order valence-corrected chi connectivity index (χ0v) is 11.9. The lowest BCUT2D eigenvalue weighted by molar-refractivity contribution is -0.161. The standard InChI is InChI=1S/C12H21F3N2OS/c1-2-6-18-9-4-3-5-17(7-9)8-10(11(16)19)12(13,14)15/h9-10H,2-8H2,1H3,(H2,16,19). The minimum absolute atomic E-state index is 0.0222. The molecule has 112 valence electrons. The van der Waals surface area contributed by atoms with Crippen LogP contribution in [0.15, 0.2) is 0 Å². The van der Waals surface area contributed by atoms with Gasteiger partial charge in [-0.25, -0.2) is 0 Å². The fourth-order valence-electron chi connectivity index (χ4n) is 2.21. The van der Waals surface area contributed by atoms with Crippen LogP contribution in [0.1, 0.15) is 26.2 Å². The minimum atomic E-state index is -4.37. The van der Waals surface area contributed by atoms with Crippen LogP contribution < -0.4 is 5.73 Å². The summed E-state index contributed by atoms with van der Waals surface area (Å²) in [5, 5.41) is 0. The third-order valence-electron chi connectivity index (χ3n) is 3.20. The van der Waals surface area contributed by atoms with Crippen molar-refractivity contribution in [1.29, 1.82) is 0 Å². The summed E-state index contributed by atoms with van der Waals surface area (Å²) >= 11 is 4.53. The van der Waals surface area contributed by atoms with Crippen LogP contribution in [-0.4, -0.2) is 48.4 Å². The average molecular weight is 298 g/mol. The molecule has 1 rings (SSSR count). The predicted octanol–water partition coefficient (Wildman–Crippen LogP) is 2.34. The molecule has 1 fully saturated rings. The number of alkyl halides is 3. The van der Waals surface area contributed by atoms with Gasteiger partial charge < -0.3 is 10.5 Å². The summed E-state index contributed by atoms with van der Waals surface area (Å²) in [6.07, 6.45) is -1.69. The molecule has 0 radical (unpaired) electrons. The number of thiocarbonyl (C=S) groups is 1. The van der Waals surface area contributed by atoms with Gasteiger partial charge in [0.25, 0.3) is 0 Å². The van der Waals surface area contributed by atoms with E-state index in [-0.39, 0.29) is 12.6 Å². The molecule has 7 heteroatoms. The third kappa shape index (κ3) is 5.62. The molecule has 0 aromatic carbocycles. The summed E-state index contributed by atoms with van der Waals surface area (Å²) in [5.74, 6) is -1.73. The molecule has 19 heavy (non-hydrogen) atoms. The Hall–Kier alpha value is -0.400. The van der Waals surface area contributed by atoms with Crippen molar-refractivity contribution >= 4 is 17.2 Å². The molecule has 1 aliphatic heterocycles. The first-order valence-electron chi connectivity index (χ1n) is 6.54. The van der Waals surface area contributed by atoms with Gasteiger partial charge in [-0.15, -0.1) is 0 Å². The molecule has 1 aliphatic rings. The van der Waals surface area contributed by atoms with Gasteiger partial charge in [0.05, 0.1) is 11.1 Å². The van der Waals surface area contributed by atoms with Gasteiger partial charge in [0.1, 0.15) is 5.92 Å². The summed E-state index contributed by atoms with van der Waals surface area (Å²) in [7, 11) is 0. The maximum absolute atomic E-state index is 12.8. The summed E-state index contributed by atoms with van der Waals surface area (Å²) in [6, 6.07) is 0. The highest BCUT2D eigenvalue weighted by Gasteiger charge is 2.43. The third-order valence-corrected chi connectivity index (χ3v) is 3.48. The van der Waals surface area contributed by atoms with Gasteiger partial charge in [-0.3, -0.25) is 4.90 Å². The van der Waals surface area contributed by atoms with Gasteiger partial charge in [-0.2, -0.15) is 13.2 Å². The molecular weight excluding hydrogens is 277 g/mol. The molecular formula is C12H21F3N2OS. The SMILES string of the molecule is CCCOC1CCCN(CC(C(N)=S)C(F)(F)F)C1. The molecule has 0 bridgehead atoms. The van der Waals surface area contributed by atoms with Crippen molar-refractivity contribution in [3.63, 3.8) is 0 Å². The Kier molecular flexibility index (Phi) is 6.49. The Morgan fingerprint density at radius 1 is 1.53 bits per heavy atom. The van der Waals surface area contributed by atoms with E-state index in [0.717, 1.165) is 19.3 Å². The Bertz CT molecular complexity index is 299. The molecule has 2 N–H and O–H groups in total. The lowest BCUT2D eigenvalue weighted by Crippen LogP contribution is -2.48. The molecule has 1 saturated heterocycles. The highest BCUT2D eigenvalue weighted by molar-refractivity contribution is 7.80. The van der Waals surface area contributed by atoms with Gasteiger partial charge in [0, 0.05) is 19.7 Å². The Morgan fingerprint density at radius 3 is 2.74 bits per heavy atom. The summed E-state index contributed by atoms with van der Waals surface area (Å²) in [4.78, 5) is 1.27. The first-order chi connectivity index (χ1) is 8.84. The second-order valence-electron chi connectivity index (χ2n) is 4.89. The number of hydrogen-bond acceptors (Lipinski definition) is 3. The van der Waals surface area contributed by atoms with Gasteiger partial charge in [0.15, 0.2) is 0 Å². The zero-order chi connectivity index (χ0) is 14.5. The van der Waals surface area contributed by atoms with E-state index in [0.29, 0.717) is 19.7 Å². The topological polar surface area (TPSA) is 38.5 Å². The first kappa shape index (κ1) is 16.7. The lowest BCUT2D eigenvalue weighted by atomic mass is 10.0. The monoisotopic (exact) mass is 298 g/mol. The molecule has 0 aromatic heterocycles. The molecule has 0 amide bonds. The quantitative estimate of drug-likeness (QED) is 0.764. The second-order valence-corrected chi connectivity index (χ2v) is 5.36. The van der Waals surface area contributed by atoms with Crippen molar-refractivity contribution in [2.24, 2.45) is 11.7 Å². The fraction of sp³-hybridized carbons (Fsp3) is 0.917. The molecule has 1 heterocycles. The lowest BCUT2D eigenvalue weighted by Gasteiger charge is -2.35. The van der Waals surface area contributed by atoms with E-state index >= 15 is 0 Å². The fourth-order valence-corrected chi connectivity index (χ4v) is 2.42. The van der Waals surface area contributed by atoms with Crippen LogP contribution in [0.4, 0.5) is 13.2 Å². The molecule has 3 nitrogen and oxygen atoms in total. The van der Waals surface area contributed by atoms with Crippen LogP contribution in [0.5, 0.6) is 0 Å². The Balaban J connectivity index is 2.52. The molecule has 2 atom stereocenters. The van der Waals surface area contributed by atoms with Crippen molar-refractivity contribution in [1.82, 2.24) is 4.90 Å². The van der Waals surface area contributed by atoms with Crippen LogP contribution in [0.2, 0.25) is 0 Å². The van der Waals surface area contributed by atoms with Crippen molar-refractivity contribution in [2.75, 3.05) is 26.2 Å². The van der Waals surface area contributed by atoms with E-state index in [4.69, 9.17) is 10.5 Å². The van der Waals surface area contributed by atoms with Crippen LogP contribution in [0.3, 0.4) is 0 Å². The van der Waals surface area contributed by atoms with Gasteiger partial charge >= 0.3 is 6.18 Å². The molecule has 0 saturated carbocycles. The summed E-state index contributed by atoms with van der Waals surface area (Å²) in [6.45, 7) is 3.66. The smallest absolute Gasteiger partial charge is 0.393 e. The number of likely N-dealkylation sites (tertiary alicyclic amines) is 1. The van der Waals surface area contributed by atoms with Crippen molar-refractivity contribution in [3.8, 4) is 0 Å². The number of nitrogens with zero attached hydrogens (tertiary/aromatic N) is 1. The number of rotatable bonds is 6. The Morgan fingerprint density at radius 2 is 2.21 bits per heavy atom. The van der Waals surface area contributed by atoms with E-state index in [9.17, 15) is 13.2 Å². The normalized spacial score (nSPS) is 23.3. The highest BCUT2D eigenvalue weighted by atomic mass is 32.1. The van der Waals surface area contributed by atoms with E-state index in [2.05, 4.69) is 12.2 Å². The van der Waals surface area contributed by atoms with Crippen LogP contribution in [0.25, 0.3) is 0 Å². The van der Waals surface area contributed by atoms with Crippen molar-refractivity contribution in [2.45, 2.75) is 38.5 Å². The number of ether oxygens (including phenoxy) is 1. The van der Waals surface area contributed by atoms with Crippen LogP contribution >= 0.6 is 12.2 Å².